The number of pyridine rings is 1. The first-order chi connectivity index (χ1) is 9.72. The van der Waals surface area contributed by atoms with E-state index in [4.69, 9.17) is 0 Å². The van der Waals surface area contributed by atoms with Crippen LogP contribution in [-0.4, -0.2) is 17.4 Å². The Hall–Kier alpha value is -1.88. The molecule has 20 heavy (non-hydrogen) atoms. The number of hydrogen-bond acceptors (Lipinski definition) is 4. The summed E-state index contributed by atoms with van der Waals surface area (Å²) in [5, 5.41) is 8.24. The van der Waals surface area contributed by atoms with Crippen molar-refractivity contribution >= 4 is 22.9 Å². The molecule has 5 heteroatoms. The molecule has 0 bridgehead atoms. The summed E-state index contributed by atoms with van der Waals surface area (Å²) in [4.78, 5) is 17.5. The maximum atomic E-state index is 12.2. The molecule has 2 heterocycles. The SMILES string of the molecule is CCCNc1ccncc1C(=O)NCc1sccc1C. The van der Waals surface area contributed by atoms with Gasteiger partial charge in [0.05, 0.1) is 17.8 Å². The smallest absolute Gasteiger partial charge is 0.255 e. The van der Waals surface area contributed by atoms with E-state index < -0.39 is 0 Å². The fourth-order valence-electron chi connectivity index (χ4n) is 1.83. The van der Waals surface area contributed by atoms with Crippen molar-refractivity contribution in [2.75, 3.05) is 11.9 Å². The van der Waals surface area contributed by atoms with Crippen LogP contribution in [0.15, 0.2) is 29.9 Å². The summed E-state index contributed by atoms with van der Waals surface area (Å²) in [7, 11) is 0. The van der Waals surface area contributed by atoms with Gasteiger partial charge in [-0.15, -0.1) is 11.3 Å². The molecule has 0 aromatic carbocycles. The van der Waals surface area contributed by atoms with Gasteiger partial charge in [0.25, 0.3) is 5.91 Å². The Morgan fingerprint density at radius 2 is 2.25 bits per heavy atom. The van der Waals surface area contributed by atoms with E-state index in [2.05, 4.69) is 35.5 Å². The van der Waals surface area contributed by atoms with Gasteiger partial charge in [0.15, 0.2) is 0 Å². The monoisotopic (exact) mass is 289 g/mol. The highest BCUT2D eigenvalue weighted by Gasteiger charge is 2.11. The molecule has 0 saturated carbocycles. The average Bonchev–Trinajstić information content (AvgIpc) is 2.88. The normalized spacial score (nSPS) is 10.3. The van der Waals surface area contributed by atoms with Crippen molar-refractivity contribution in [2.24, 2.45) is 0 Å². The Labute approximate surface area is 123 Å². The van der Waals surface area contributed by atoms with Crippen LogP contribution in [0, 0.1) is 6.92 Å². The van der Waals surface area contributed by atoms with Crippen molar-refractivity contribution in [3.63, 3.8) is 0 Å². The zero-order valence-electron chi connectivity index (χ0n) is 11.8. The number of carbonyl (C=O) groups excluding carboxylic acids is 1. The number of aromatic nitrogens is 1. The minimum Gasteiger partial charge on any atom is -0.384 e. The molecule has 1 amide bonds. The fraction of sp³-hybridized carbons (Fsp3) is 0.333. The van der Waals surface area contributed by atoms with Crippen LogP contribution in [0.5, 0.6) is 0 Å². The molecule has 0 unspecified atom stereocenters. The molecule has 0 radical (unpaired) electrons. The summed E-state index contributed by atoms with van der Waals surface area (Å²) < 4.78 is 0. The molecule has 0 saturated heterocycles. The quantitative estimate of drug-likeness (QED) is 0.858. The summed E-state index contributed by atoms with van der Waals surface area (Å²) in [6.45, 7) is 5.54. The van der Waals surface area contributed by atoms with Crippen molar-refractivity contribution in [3.8, 4) is 0 Å². The number of anilines is 1. The summed E-state index contributed by atoms with van der Waals surface area (Å²) in [5.74, 6) is -0.0931. The predicted octanol–water partition coefficient (Wildman–Crippen LogP) is 3.20. The molecular formula is C15H19N3OS. The molecule has 0 spiro atoms. The van der Waals surface area contributed by atoms with Gasteiger partial charge >= 0.3 is 0 Å². The molecule has 106 valence electrons. The molecule has 2 rings (SSSR count). The first-order valence-electron chi connectivity index (χ1n) is 6.71. The van der Waals surface area contributed by atoms with Crippen molar-refractivity contribution < 1.29 is 4.79 Å². The second-order valence-corrected chi connectivity index (χ2v) is 5.56. The predicted molar refractivity (Wildman–Crippen MR) is 83.2 cm³/mol. The van der Waals surface area contributed by atoms with Crippen molar-refractivity contribution in [2.45, 2.75) is 26.8 Å². The zero-order valence-corrected chi connectivity index (χ0v) is 12.6. The van der Waals surface area contributed by atoms with Crippen molar-refractivity contribution in [3.05, 3.63) is 45.9 Å². The minimum atomic E-state index is -0.0931. The number of rotatable bonds is 6. The van der Waals surface area contributed by atoms with Gasteiger partial charge in [0.2, 0.25) is 0 Å². The largest absolute Gasteiger partial charge is 0.384 e. The van der Waals surface area contributed by atoms with Crippen molar-refractivity contribution in [1.82, 2.24) is 10.3 Å². The molecule has 0 fully saturated rings. The van der Waals surface area contributed by atoms with Crippen LogP contribution in [-0.2, 0) is 6.54 Å². The number of nitrogens with one attached hydrogen (secondary N) is 2. The molecule has 2 N–H and O–H groups in total. The zero-order chi connectivity index (χ0) is 14.4. The number of carbonyl (C=O) groups is 1. The van der Waals surface area contributed by atoms with Crippen LogP contribution in [0.25, 0.3) is 0 Å². The van der Waals surface area contributed by atoms with Gasteiger partial charge in [-0.2, -0.15) is 0 Å². The van der Waals surface area contributed by atoms with Crippen molar-refractivity contribution in [1.29, 1.82) is 0 Å². The minimum absolute atomic E-state index is 0.0931. The highest BCUT2D eigenvalue weighted by atomic mass is 32.1. The van der Waals surface area contributed by atoms with Gasteiger partial charge in [-0.1, -0.05) is 6.92 Å². The number of hydrogen-bond donors (Lipinski definition) is 2. The van der Waals surface area contributed by atoms with E-state index in [1.807, 2.05) is 11.4 Å². The summed E-state index contributed by atoms with van der Waals surface area (Å²) in [6, 6.07) is 3.89. The van der Waals surface area contributed by atoms with E-state index in [0.717, 1.165) is 18.7 Å². The lowest BCUT2D eigenvalue weighted by molar-refractivity contribution is 0.0951. The number of aryl methyl sites for hydroxylation is 1. The lowest BCUT2D eigenvalue weighted by atomic mass is 10.2. The summed E-state index contributed by atoms with van der Waals surface area (Å²) >= 11 is 1.66. The lowest BCUT2D eigenvalue weighted by Crippen LogP contribution is -2.24. The molecule has 4 nitrogen and oxygen atoms in total. The van der Waals surface area contributed by atoms with Gasteiger partial charge in [-0.3, -0.25) is 9.78 Å². The molecule has 0 aliphatic heterocycles. The highest BCUT2D eigenvalue weighted by Crippen LogP contribution is 2.17. The third-order valence-electron chi connectivity index (χ3n) is 3.01. The molecule has 0 atom stereocenters. The second-order valence-electron chi connectivity index (χ2n) is 4.56. The van der Waals surface area contributed by atoms with Gasteiger partial charge < -0.3 is 10.6 Å². The lowest BCUT2D eigenvalue weighted by Gasteiger charge is -2.11. The number of nitrogens with zero attached hydrogens (tertiary/aromatic N) is 1. The summed E-state index contributed by atoms with van der Waals surface area (Å²) in [5.41, 5.74) is 2.64. The average molecular weight is 289 g/mol. The standard InChI is InChI=1S/C15H19N3OS/c1-3-6-17-13-4-7-16-9-12(13)15(19)18-10-14-11(2)5-8-20-14/h4-5,7-9H,3,6,10H2,1-2H3,(H,16,17)(H,18,19). The number of thiophene rings is 1. The number of amides is 1. The Kier molecular flexibility index (Phi) is 5.12. The van der Waals surface area contributed by atoms with E-state index >= 15 is 0 Å². The molecule has 2 aromatic heterocycles. The maximum absolute atomic E-state index is 12.2. The molecular weight excluding hydrogens is 270 g/mol. The van der Waals surface area contributed by atoms with E-state index in [1.165, 1.54) is 10.4 Å². The van der Waals surface area contributed by atoms with E-state index in [-0.39, 0.29) is 5.91 Å². The van der Waals surface area contributed by atoms with Gasteiger partial charge in [0, 0.05) is 23.8 Å². The molecule has 2 aromatic rings. The molecule has 0 aliphatic carbocycles. The Morgan fingerprint density at radius 1 is 1.40 bits per heavy atom. The van der Waals surface area contributed by atoms with Gasteiger partial charge in [0.1, 0.15) is 0 Å². The fourth-order valence-corrected chi connectivity index (χ4v) is 2.68. The third-order valence-corrected chi connectivity index (χ3v) is 4.03. The second kappa shape index (κ2) is 7.05. The Bertz CT molecular complexity index is 580. The van der Waals surface area contributed by atoms with Crippen LogP contribution in [0.1, 0.15) is 34.1 Å². The van der Waals surface area contributed by atoms with E-state index in [0.29, 0.717) is 12.1 Å². The van der Waals surface area contributed by atoms with Crippen LogP contribution >= 0.6 is 11.3 Å². The van der Waals surface area contributed by atoms with Crippen LogP contribution in [0.2, 0.25) is 0 Å². The summed E-state index contributed by atoms with van der Waals surface area (Å²) in [6.07, 6.45) is 4.31. The first kappa shape index (κ1) is 14.5. The highest BCUT2D eigenvalue weighted by molar-refractivity contribution is 7.10. The third kappa shape index (κ3) is 3.57. The van der Waals surface area contributed by atoms with Crippen LogP contribution < -0.4 is 10.6 Å². The Balaban J connectivity index is 2.03. The van der Waals surface area contributed by atoms with Crippen LogP contribution in [0.4, 0.5) is 5.69 Å². The Morgan fingerprint density at radius 3 is 2.95 bits per heavy atom. The van der Waals surface area contributed by atoms with E-state index in [1.54, 1.807) is 23.7 Å². The van der Waals surface area contributed by atoms with Gasteiger partial charge in [-0.25, -0.2) is 0 Å². The first-order valence-corrected chi connectivity index (χ1v) is 7.59. The van der Waals surface area contributed by atoms with Crippen LogP contribution in [0.3, 0.4) is 0 Å². The van der Waals surface area contributed by atoms with Gasteiger partial charge in [-0.05, 0) is 36.4 Å². The maximum Gasteiger partial charge on any atom is 0.255 e. The molecule has 0 aliphatic rings. The topological polar surface area (TPSA) is 54.0 Å². The van der Waals surface area contributed by atoms with E-state index in [9.17, 15) is 4.79 Å².